The fourth-order valence-corrected chi connectivity index (χ4v) is 4.87. The maximum absolute atomic E-state index is 13.3. The number of benzene rings is 2. The standard InChI is InChI=1S/C26H28F3NO3/c1-16-12-19(14-20(13-16)26(27,28)29)24-17(2)30(25(31)33-24)15-18-8-4-5-9-21(18)22-10-6-7-11-23(22)32-3/h6-7,10-14,17,24H,4-5,8-9,15H2,1-3H3/t17-,24-/m0/s1. The molecular formula is C26H28F3NO3. The lowest BCUT2D eigenvalue weighted by atomic mass is 9.86. The first kappa shape index (κ1) is 23.2. The third kappa shape index (κ3) is 4.72. The SMILES string of the molecule is COc1ccccc1C1=C(CN2C(=O)O[C@H](c3cc(C)cc(C(F)(F)F)c3)[C@@H]2C)CCCC1. The Labute approximate surface area is 192 Å². The number of allylic oxidation sites excluding steroid dienone is 1. The van der Waals surface area contributed by atoms with Crippen molar-refractivity contribution >= 4 is 11.7 Å². The molecule has 1 saturated heterocycles. The van der Waals surface area contributed by atoms with Crippen molar-refractivity contribution in [2.24, 2.45) is 0 Å². The first-order valence-corrected chi connectivity index (χ1v) is 11.2. The maximum atomic E-state index is 13.3. The summed E-state index contributed by atoms with van der Waals surface area (Å²) in [6.07, 6.45) is -1.87. The molecule has 0 aromatic heterocycles. The van der Waals surface area contributed by atoms with Gasteiger partial charge in [0.2, 0.25) is 0 Å². The number of ether oxygens (including phenoxy) is 2. The van der Waals surface area contributed by atoms with Gasteiger partial charge >= 0.3 is 12.3 Å². The van der Waals surface area contributed by atoms with Crippen LogP contribution in [0.1, 0.15) is 61.0 Å². The molecule has 33 heavy (non-hydrogen) atoms. The fraction of sp³-hybridized carbons (Fsp3) is 0.423. The van der Waals surface area contributed by atoms with Gasteiger partial charge in [-0.2, -0.15) is 13.2 Å². The Morgan fingerprint density at radius 2 is 1.85 bits per heavy atom. The molecule has 2 aromatic carbocycles. The zero-order chi connectivity index (χ0) is 23.8. The number of nitrogens with zero attached hydrogens (tertiary/aromatic N) is 1. The zero-order valence-corrected chi connectivity index (χ0v) is 19.0. The second-order valence-corrected chi connectivity index (χ2v) is 8.79. The Morgan fingerprint density at radius 1 is 1.12 bits per heavy atom. The van der Waals surface area contributed by atoms with Crippen molar-refractivity contribution in [1.82, 2.24) is 4.90 Å². The third-order valence-electron chi connectivity index (χ3n) is 6.52. The fourth-order valence-electron chi connectivity index (χ4n) is 4.87. The summed E-state index contributed by atoms with van der Waals surface area (Å²) in [6.45, 7) is 3.84. The minimum Gasteiger partial charge on any atom is -0.496 e. The monoisotopic (exact) mass is 459 g/mol. The summed E-state index contributed by atoms with van der Waals surface area (Å²) in [4.78, 5) is 14.4. The van der Waals surface area contributed by atoms with E-state index < -0.39 is 30.0 Å². The van der Waals surface area contributed by atoms with Crippen molar-refractivity contribution in [3.63, 3.8) is 0 Å². The molecule has 7 heteroatoms. The minimum absolute atomic E-state index is 0.369. The summed E-state index contributed by atoms with van der Waals surface area (Å²) in [6, 6.07) is 11.3. The number of amides is 1. The van der Waals surface area contributed by atoms with Crippen LogP contribution in [0.25, 0.3) is 5.57 Å². The smallest absolute Gasteiger partial charge is 0.416 e. The van der Waals surface area contributed by atoms with Gasteiger partial charge in [-0.05, 0) is 74.4 Å². The molecular weight excluding hydrogens is 431 g/mol. The molecule has 4 nitrogen and oxygen atoms in total. The van der Waals surface area contributed by atoms with Gasteiger partial charge in [-0.1, -0.05) is 29.8 Å². The van der Waals surface area contributed by atoms with Crippen LogP contribution in [0, 0.1) is 6.92 Å². The molecule has 1 fully saturated rings. The molecule has 0 N–H and O–H groups in total. The number of alkyl halides is 3. The molecule has 1 aliphatic carbocycles. The Morgan fingerprint density at radius 3 is 2.58 bits per heavy atom. The molecule has 0 unspecified atom stereocenters. The molecule has 0 saturated carbocycles. The van der Waals surface area contributed by atoms with Gasteiger partial charge in [-0.25, -0.2) is 4.79 Å². The number of para-hydroxylation sites is 1. The molecule has 1 amide bonds. The van der Waals surface area contributed by atoms with Crippen molar-refractivity contribution in [2.75, 3.05) is 13.7 Å². The van der Waals surface area contributed by atoms with E-state index in [4.69, 9.17) is 9.47 Å². The summed E-state index contributed by atoms with van der Waals surface area (Å²) >= 11 is 0. The molecule has 176 valence electrons. The van der Waals surface area contributed by atoms with Gasteiger partial charge in [-0.3, -0.25) is 4.90 Å². The van der Waals surface area contributed by atoms with E-state index in [1.165, 1.54) is 5.57 Å². The van der Waals surface area contributed by atoms with E-state index >= 15 is 0 Å². The number of carbonyl (C=O) groups excluding carboxylic acids is 1. The van der Waals surface area contributed by atoms with Crippen LogP contribution >= 0.6 is 0 Å². The van der Waals surface area contributed by atoms with Crippen LogP contribution in [0.3, 0.4) is 0 Å². The summed E-state index contributed by atoms with van der Waals surface area (Å²) in [5, 5.41) is 0. The predicted octanol–water partition coefficient (Wildman–Crippen LogP) is 6.93. The summed E-state index contributed by atoms with van der Waals surface area (Å²) in [5.74, 6) is 0.793. The summed E-state index contributed by atoms with van der Waals surface area (Å²) in [5.41, 5.74) is 3.48. The van der Waals surface area contributed by atoms with E-state index in [1.54, 1.807) is 25.0 Å². The van der Waals surface area contributed by atoms with Gasteiger partial charge in [0.05, 0.1) is 18.7 Å². The van der Waals surface area contributed by atoms with Crippen molar-refractivity contribution in [1.29, 1.82) is 0 Å². The number of aryl methyl sites for hydroxylation is 1. The van der Waals surface area contributed by atoms with E-state index in [0.717, 1.165) is 54.7 Å². The van der Waals surface area contributed by atoms with Crippen molar-refractivity contribution in [2.45, 2.75) is 57.9 Å². The number of halogens is 3. The molecule has 2 aliphatic rings. The molecule has 1 heterocycles. The number of rotatable bonds is 5. The average Bonchev–Trinajstić information content (AvgIpc) is 3.07. The van der Waals surface area contributed by atoms with Crippen LogP contribution in [0.5, 0.6) is 5.75 Å². The van der Waals surface area contributed by atoms with E-state index in [0.29, 0.717) is 17.7 Å². The Balaban J connectivity index is 1.64. The Kier molecular flexibility index (Phi) is 6.41. The highest BCUT2D eigenvalue weighted by Crippen LogP contribution is 2.40. The quantitative estimate of drug-likeness (QED) is 0.487. The number of carbonyl (C=O) groups is 1. The van der Waals surface area contributed by atoms with Gasteiger partial charge in [0, 0.05) is 12.1 Å². The highest BCUT2D eigenvalue weighted by Gasteiger charge is 2.41. The van der Waals surface area contributed by atoms with E-state index in [1.807, 2.05) is 31.2 Å². The molecule has 4 rings (SSSR count). The topological polar surface area (TPSA) is 38.8 Å². The molecule has 2 atom stereocenters. The predicted molar refractivity (Wildman–Crippen MR) is 120 cm³/mol. The normalized spacial score (nSPS) is 21.4. The Hall–Kier alpha value is -2.96. The highest BCUT2D eigenvalue weighted by molar-refractivity contribution is 5.76. The van der Waals surface area contributed by atoms with E-state index in [9.17, 15) is 18.0 Å². The third-order valence-corrected chi connectivity index (χ3v) is 6.52. The Bertz CT molecular complexity index is 1080. The van der Waals surface area contributed by atoms with E-state index in [-0.39, 0.29) is 0 Å². The van der Waals surface area contributed by atoms with Crippen LogP contribution in [0.15, 0.2) is 48.0 Å². The number of cyclic esters (lactones) is 1. The zero-order valence-electron chi connectivity index (χ0n) is 19.0. The van der Waals surface area contributed by atoms with Crippen molar-refractivity contribution in [3.05, 3.63) is 70.3 Å². The van der Waals surface area contributed by atoms with Gasteiger partial charge in [0.15, 0.2) is 0 Å². The van der Waals surface area contributed by atoms with Crippen LogP contribution in [-0.4, -0.2) is 30.7 Å². The molecule has 0 spiro atoms. The summed E-state index contributed by atoms with van der Waals surface area (Å²) in [7, 11) is 1.64. The number of methoxy groups -OCH3 is 1. The van der Waals surface area contributed by atoms with Gasteiger partial charge in [-0.15, -0.1) is 0 Å². The van der Waals surface area contributed by atoms with Crippen LogP contribution in [-0.2, 0) is 10.9 Å². The van der Waals surface area contributed by atoms with Gasteiger partial charge in [0.1, 0.15) is 11.9 Å². The summed E-state index contributed by atoms with van der Waals surface area (Å²) < 4.78 is 51.1. The second kappa shape index (κ2) is 9.12. The molecule has 2 aromatic rings. The van der Waals surface area contributed by atoms with Crippen LogP contribution < -0.4 is 4.74 Å². The molecule has 0 radical (unpaired) electrons. The molecule has 1 aliphatic heterocycles. The minimum atomic E-state index is -4.46. The maximum Gasteiger partial charge on any atom is 0.416 e. The van der Waals surface area contributed by atoms with Gasteiger partial charge < -0.3 is 9.47 Å². The van der Waals surface area contributed by atoms with Crippen molar-refractivity contribution < 1.29 is 27.4 Å². The van der Waals surface area contributed by atoms with E-state index in [2.05, 4.69) is 0 Å². The van der Waals surface area contributed by atoms with Crippen molar-refractivity contribution in [3.8, 4) is 5.75 Å². The second-order valence-electron chi connectivity index (χ2n) is 8.79. The van der Waals surface area contributed by atoms with Crippen LogP contribution in [0.4, 0.5) is 18.0 Å². The lowest BCUT2D eigenvalue weighted by Gasteiger charge is -2.27. The molecule has 0 bridgehead atoms. The number of hydrogen-bond acceptors (Lipinski definition) is 3. The van der Waals surface area contributed by atoms with Crippen LogP contribution in [0.2, 0.25) is 0 Å². The number of hydrogen-bond donors (Lipinski definition) is 0. The average molecular weight is 460 g/mol. The lowest BCUT2D eigenvalue weighted by Crippen LogP contribution is -2.34. The highest BCUT2D eigenvalue weighted by atomic mass is 19.4. The van der Waals surface area contributed by atoms with Gasteiger partial charge in [0.25, 0.3) is 0 Å². The largest absolute Gasteiger partial charge is 0.496 e. The first-order chi connectivity index (χ1) is 15.7. The lowest BCUT2D eigenvalue weighted by molar-refractivity contribution is -0.137. The first-order valence-electron chi connectivity index (χ1n) is 11.2.